The SMILES string of the molecule is C[C@@H](OC(=O)[C@H](C)N1C(=O)c2ccccc2C1=O)C(=O)Nc1ccc(Cl)cn1. The second-order valence-corrected chi connectivity index (χ2v) is 6.57. The van der Waals surface area contributed by atoms with Gasteiger partial charge >= 0.3 is 5.97 Å². The van der Waals surface area contributed by atoms with E-state index in [0.29, 0.717) is 5.02 Å². The molecule has 144 valence electrons. The van der Waals surface area contributed by atoms with Gasteiger partial charge in [0.25, 0.3) is 17.7 Å². The molecule has 0 unspecified atom stereocenters. The number of pyridine rings is 1. The second-order valence-electron chi connectivity index (χ2n) is 6.13. The number of halogens is 1. The number of imide groups is 1. The highest BCUT2D eigenvalue weighted by Crippen LogP contribution is 2.25. The fraction of sp³-hybridized carbons (Fsp3) is 0.211. The fourth-order valence-electron chi connectivity index (χ4n) is 2.67. The third-order valence-corrected chi connectivity index (χ3v) is 4.42. The summed E-state index contributed by atoms with van der Waals surface area (Å²) in [4.78, 5) is 54.2. The van der Waals surface area contributed by atoms with Crippen LogP contribution in [0.25, 0.3) is 0 Å². The van der Waals surface area contributed by atoms with Crippen LogP contribution in [0.1, 0.15) is 34.6 Å². The molecule has 9 heteroatoms. The molecule has 1 aliphatic rings. The van der Waals surface area contributed by atoms with Gasteiger partial charge in [-0.15, -0.1) is 0 Å². The zero-order chi connectivity index (χ0) is 20.4. The van der Waals surface area contributed by atoms with Gasteiger partial charge in [0.05, 0.1) is 16.1 Å². The Hall–Kier alpha value is -3.26. The molecule has 0 saturated carbocycles. The highest BCUT2D eigenvalue weighted by Gasteiger charge is 2.41. The summed E-state index contributed by atoms with van der Waals surface area (Å²) >= 11 is 5.73. The molecule has 8 nitrogen and oxygen atoms in total. The van der Waals surface area contributed by atoms with Gasteiger partial charge in [-0.2, -0.15) is 0 Å². The number of amides is 3. The lowest BCUT2D eigenvalue weighted by Gasteiger charge is -2.22. The molecule has 1 aromatic carbocycles. The van der Waals surface area contributed by atoms with E-state index >= 15 is 0 Å². The summed E-state index contributed by atoms with van der Waals surface area (Å²) in [6, 6.07) is 8.16. The van der Waals surface area contributed by atoms with Crippen molar-refractivity contribution in [3.8, 4) is 0 Å². The third-order valence-electron chi connectivity index (χ3n) is 4.19. The molecule has 0 spiro atoms. The molecule has 2 aromatic rings. The van der Waals surface area contributed by atoms with Crippen molar-refractivity contribution in [1.29, 1.82) is 0 Å². The van der Waals surface area contributed by atoms with Gasteiger partial charge < -0.3 is 10.1 Å². The number of hydrogen-bond donors (Lipinski definition) is 1. The molecule has 2 atom stereocenters. The van der Waals surface area contributed by atoms with Crippen LogP contribution >= 0.6 is 11.6 Å². The van der Waals surface area contributed by atoms with Crippen LogP contribution in [-0.2, 0) is 14.3 Å². The van der Waals surface area contributed by atoms with Gasteiger partial charge in [0.1, 0.15) is 11.9 Å². The Labute approximate surface area is 165 Å². The number of nitrogens with zero attached hydrogens (tertiary/aromatic N) is 2. The van der Waals surface area contributed by atoms with Crippen molar-refractivity contribution in [2.75, 3.05) is 5.32 Å². The van der Waals surface area contributed by atoms with Crippen molar-refractivity contribution in [3.63, 3.8) is 0 Å². The highest BCUT2D eigenvalue weighted by atomic mass is 35.5. The number of ether oxygens (including phenoxy) is 1. The number of aromatic nitrogens is 1. The molecule has 1 aliphatic heterocycles. The lowest BCUT2D eigenvalue weighted by atomic mass is 10.1. The molecule has 0 fully saturated rings. The van der Waals surface area contributed by atoms with Crippen LogP contribution in [0.15, 0.2) is 42.6 Å². The fourth-order valence-corrected chi connectivity index (χ4v) is 2.78. The molecule has 3 rings (SSSR count). The average Bonchev–Trinajstić information content (AvgIpc) is 2.93. The Morgan fingerprint density at radius 2 is 1.68 bits per heavy atom. The number of rotatable bonds is 5. The number of carbonyl (C=O) groups excluding carboxylic acids is 4. The normalized spacial score (nSPS) is 15.0. The Morgan fingerprint density at radius 1 is 1.07 bits per heavy atom. The molecule has 0 saturated heterocycles. The number of anilines is 1. The molecule has 28 heavy (non-hydrogen) atoms. The lowest BCUT2D eigenvalue weighted by Crippen LogP contribution is -2.45. The van der Waals surface area contributed by atoms with Crippen molar-refractivity contribution in [2.45, 2.75) is 26.0 Å². The molecular weight excluding hydrogens is 386 g/mol. The van der Waals surface area contributed by atoms with Gasteiger partial charge in [0.15, 0.2) is 6.10 Å². The largest absolute Gasteiger partial charge is 0.451 e. The van der Waals surface area contributed by atoms with E-state index in [9.17, 15) is 19.2 Å². The summed E-state index contributed by atoms with van der Waals surface area (Å²) in [6.07, 6.45) is 0.195. The lowest BCUT2D eigenvalue weighted by molar-refractivity contribution is -0.156. The first-order valence-electron chi connectivity index (χ1n) is 8.39. The molecule has 0 radical (unpaired) electrons. The number of esters is 1. The molecule has 1 aromatic heterocycles. The summed E-state index contributed by atoms with van der Waals surface area (Å²) in [5.41, 5.74) is 0.457. The number of hydrogen-bond acceptors (Lipinski definition) is 6. The molecule has 3 amide bonds. The number of benzene rings is 1. The summed E-state index contributed by atoms with van der Waals surface area (Å²) in [6.45, 7) is 2.74. The molecular formula is C19H16ClN3O5. The van der Waals surface area contributed by atoms with E-state index in [1.54, 1.807) is 18.2 Å². The first-order valence-corrected chi connectivity index (χ1v) is 8.77. The Kier molecular flexibility index (Phi) is 5.41. The average molecular weight is 402 g/mol. The minimum absolute atomic E-state index is 0.228. The topological polar surface area (TPSA) is 106 Å². The molecule has 2 heterocycles. The van der Waals surface area contributed by atoms with Crippen LogP contribution in [-0.4, -0.2) is 45.7 Å². The van der Waals surface area contributed by atoms with Crippen molar-refractivity contribution in [2.24, 2.45) is 0 Å². The van der Waals surface area contributed by atoms with E-state index in [-0.39, 0.29) is 16.9 Å². The Morgan fingerprint density at radius 3 is 2.21 bits per heavy atom. The van der Waals surface area contributed by atoms with Gasteiger partial charge in [-0.1, -0.05) is 23.7 Å². The molecule has 0 bridgehead atoms. The van der Waals surface area contributed by atoms with Crippen molar-refractivity contribution >= 4 is 41.1 Å². The predicted octanol–water partition coefficient (Wildman–Crippen LogP) is 2.29. The van der Waals surface area contributed by atoms with Crippen molar-refractivity contribution < 1.29 is 23.9 Å². The van der Waals surface area contributed by atoms with Crippen LogP contribution in [0.4, 0.5) is 5.82 Å². The van der Waals surface area contributed by atoms with Gasteiger partial charge in [-0.05, 0) is 38.1 Å². The van der Waals surface area contributed by atoms with Gasteiger partial charge in [0, 0.05) is 6.20 Å². The van der Waals surface area contributed by atoms with Crippen molar-refractivity contribution in [1.82, 2.24) is 9.88 Å². The smallest absolute Gasteiger partial charge is 0.329 e. The standard InChI is InChI=1S/C19H16ClN3O5/c1-10(23-17(25)13-5-3-4-6-14(13)18(23)26)19(27)28-11(2)16(24)22-15-8-7-12(20)9-21-15/h3-11H,1-2H3,(H,21,22,24)/t10-,11+/m0/s1. The summed E-state index contributed by atoms with van der Waals surface area (Å²) in [5.74, 6) is -2.40. The van der Waals surface area contributed by atoms with Crippen LogP contribution in [0.3, 0.4) is 0 Å². The maximum absolute atomic E-state index is 12.4. The maximum Gasteiger partial charge on any atom is 0.329 e. The van der Waals surface area contributed by atoms with E-state index in [2.05, 4.69) is 10.3 Å². The Balaban J connectivity index is 1.64. The van der Waals surface area contributed by atoms with E-state index in [0.717, 1.165) is 4.90 Å². The van der Waals surface area contributed by atoms with Crippen LogP contribution in [0.2, 0.25) is 5.02 Å². The van der Waals surface area contributed by atoms with E-state index < -0.39 is 35.8 Å². The Bertz CT molecular complexity index is 925. The minimum atomic E-state index is -1.18. The van der Waals surface area contributed by atoms with E-state index in [1.807, 2.05) is 0 Å². The minimum Gasteiger partial charge on any atom is -0.451 e. The highest BCUT2D eigenvalue weighted by molar-refractivity contribution is 6.30. The molecule has 1 N–H and O–H groups in total. The van der Waals surface area contributed by atoms with Gasteiger partial charge in [-0.25, -0.2) is 9.78 Å². The first-order chi connectivity index (χ1) is 13.3. The summed E-state index contributed by atoms with van der Waals surface area (Å²) in [7, 11) is 0. The zero-order valence-electron chi connectivity index (χ0n) is 15.0. The van der Waals surface area contributed by atoms with Crippen LogP contribution in [0, 0.1) is 0 Å². The van der Waals surface area contributed by atoms with Crippen LogP contribution in [0.5, 0.6) is 0 Å². The monoisotopic (exact) mass is 401 g/mol. The van der Waals surface area contributed by atoms with E-state index in [1.165, 1.54) is 38.2 Å². The predicted molar refractivity (Wildman–Crippen MR) is 99.8 cm³/mol. The van der Waals surface area contributed by atoms with Gasteiger partial charge in [-0.3, -0.25) is 19.3 Å². The quantitative estimate of drug-likeness (QED) is 0.608. The third kappa shape index (κ3) is 3.72. The number of fused-ring (bicyclic) bond motifs is 1. The number of nitrogens with one attached hydrogen (secondary N) is 1. The molecule has 0 aliphatic carbocycles. The number of carbonyl (C=O) groups is 4. The summed E-state index contributed by atoms with van der Waals surface area (Å²) < 4.78 is 5.13. The van der Waals surface area contributed by atoms with Crippen LogP contribution < -0.4 is 5.32 Å². The zero-order valence-corrected chi connectivity index (χ0v) is 15.8. The first kappa shape index (κ1) is 19.5. The van der Waals surface area contributed by atoms with E-state index in [4.69, 9.17) is 16.3 Å². The van der Waals surface area contributed by atoms with Gasteiger partial charge in [0.2, 0.25) is 0 Å². The maximum atomic E-state index is 12.4. The van der Waals surface area contributed by atoms with Crippen molar-refractivity contribution in [3.05, 3.63) is 58.7 Å². The summed E-state index contributed by atoms with van der Waals surface area (Å²) in [5, 5.41) is 2.89. The second kappa shape index (κ2) is 7.77.